The molecule has 2 fully saturated rings. The maximum absolute atomic E-state index is 13.3. The van der Waals surface area contributed by atoms with E-state index < -0.39 is 12.2 Å². The molecule has 2 aliphatic heterocycles. The van der Waals surface area contributed by atoms with E-state index in [1.807, 2.05) is 6.07 Å². The number of hydrogen-bond donors (Lipinski definition) is 1. The van der Waals surface area contributed by atoms with Crippen LogP contribution in [0.1, 0.15) is 18.4 Å². The predicted octanol–water partition coefficient (Wildman–Crippen LogP) is 2.61. The van der Waals surface area contributed by atoms with Gasteiger partial charge in [-0.05, 0) is 31.4 Å². The number of hydrogen-bond acceptors (Lipinski definition) is 3. The first-order valence-electron chi connectivity index (χ1n) is 8.22. The summed E-state index contributed by atoms with van der Waals surface area (Å²) in [5, 5.41) is 2.68. The van der Waals surface area contributed by atoms with Crippen LogP contribution < -0.4 is 5.32 Å². The van der Waals surface area contributed by atoms with Crippen molar-refractivity contribution in [2.45, 2.75) is 43.6 Å². The third-order valence-corrected chi connectivity index (χ3v) is 4.73. The van der Waals surface area contributed by atoms with Crippen LogP contribution >= 0.6 is 0 Å². The Bertz CT molecular complexity index is 494. The normalized spacial score (nSPS) is 26.9. The molecule has 1 aromatic carbocycles. The van der Waals surface area contributed by atoms with Crippen LogP contribution in [0.5, 0.6) is 0 Å². The third-order valence-electron chi connectivity index (χ3n) is 4.73. The van der Waals surface area contributed by atoms with E-state index in [1.165, 1.54) is 0 Å². The van der Waals surface area contributed by atoms with E-state index in [-0.39, 0.29) is 19.1 Å². The highest BCUT2D eigenvalue weighted by molar-refractivity contribution is 5.16. The number of ether oxygens (including phenoxy) is 1. The fraction of sp³-hybridized carbons (Fsp3) is 0.647. The van der Waals surface area contributed by atoms with Crippen molar-refractivity contribution in [2.75, 3.05) is 26.2 Å². The van der Waals surface area contributed by atoms with Crippen LogP contribution in [-0.4, -0.2) is 55.5 Å². The van der Waals surface area contributed by atoms with Crippen LogP contribution in [0, 0.1) is 0 Å². The molecule has 3 atom stereocenters. The third kappa shape index (κ3) is 4.46. The molecule has 3 nitrogen and oxygen atoms in total. The van der Waals surface area contributed by atoms with E-state index in [2.05, 4.69) is 10.2 Å². The number of benzene rings is 1. The van der Waals surface area contributed by atoms with Crippen LogP contribution in [0.2, 0.25) is 0 Å². The van der Waals surface area contributed by atoms with Crippen molar-refractivity contribution in [3.63, 3.8) is 0 Å². The van der Waals surface area contributed by atoms with Gasteiger partial charge in [0.05, 0.1) is 12.7 Å². The van der Waals surface area contributed by atoms with Crippen LogP contribution in [0.4, 0.5) is 13.2 Å². The molecule has 2 aliphatic rings. The summed E-state index contributed by atoms with van der Waals surface area (Å²) in [5.41, 5.74) is 0.687. The molecular weight excluding hydrogens is 305 g/mol. The van der Waals surface area contributed by atoms with Gasteiger partial charge in [0.1, 0.15) is 6.04 Å². The Morgan fingerprint density at radius 2 is 2.04 bits per heavy atom. The molecule has 2 heterocycles. The summed E-state index contributed by atoms with van der Waals surface area (Å²) >= 11 is 0. The second-order valence-corrected chi connectivity index (χ2v) is 6.44. The molecule has 2 saturated heterocycles. The minimum absolute atomic E-state index is 0.0522. The molecule has 3 rings (SSSR count). The molecule has 0 bridgehead atoms. The van der Waals surface area contributed by atoms with Gasteiger partial charge in [0, 0.05) is 19.1 Å². The number of alkyl halides is 3. The Kier molecular flexibility index (Phi) is 5.24. The standard InChI is InChI=1S/C17H23F3N2O/c18-17(19,20)16(9-13-5-2-1-3-6-13)21-10-15-11-22-8-4-7-14(22)12-23-15/h1-3,5-6,14-16,21H,4,7-12H2. The maximum Gasteiger partial charge on any atom is 0.404 e. The van der Waals surface area contributed by atoms with E-state index in [1.54, 1.807) is 24.3 Å². The molecule has 3 unspecified atom stereocenters. The minimum Gasteiger partial charge on any atom is -0.374 e. The van der Waals surface area contributed by atoms with E-state index >= 15 is 0 Å². The molecule has 0 saturated carbocycles. The zero-order chi connectivity index (χ0) is 16.3. The Morgan fingerprint density at radius 3 is 2.78 bits per heavy atom. The molecule has 1 aromatic rings. The average Bonchev–Trinajstić information content (AvgIpc) is 2.99. The highest BCUT2D eigenvalue weighted by atomic mass is 19.4. The lowest BCUT2D eigenvalue weighted by atomic mass is 10.1. The number of nitrogens with zero attached hydrogens (tertiary/aromatic N) is 1. The van der Waals surface area contributed by atoms with Gasteiger partial charge in [0.25, 0.3) is 0 Å². The fourth-order valence-electron chi connectivity index (χ4n) is 3.44. The molecule has 0 aliphatic carbocycles. The van der Waals surface area contributed by atoms with Gasteiger partial charge < -0.3 is 10.1 Å². The smallest absolute Gasteiger partial charge is 0.374 e. The van der Waals surface area contributed by atoms with Gasteiger partial charge in [-0.15, -0.1) is 0 Å². The first-order valence-corrected chi connectivity index (χ1v) is 8.22. The van der Waals surface area contributed by atoms with Gasteiger partial charge >= 0.3 is 6.18 Å². The Hall–Kier alpha value is -1.11. The summed E-state index contributed by atoms with van der Waals surface area (Å²) in [5.74, 6) is 0. The number of halogens is 3. The monoisotopic (exact) mass is 328 g/mol. The van der Waals surface area contributed by atoms with Gasteiger partial charge in [-0.1, -0.05) is 30.3 Å². The highest BCUT2D eigenvalue weighted by Crippen LogP contribution is 2.25. The van der Waals surface area contributed by atoms with Crippen molar-refractivity contribution in [1.29, 1.82) is 0 Å². The first-order chi connectivity index (χ1) is 11.0. The van der Waals surface area contributed by atoms with E-state index in [4.69, 9.17) is 4.74 Å². The van der Waals surface area contributed by atoms with Gasteiger partial charge in [-0.2, -0.15) is 13.2 Å². The Morgan fingerprint density at radius 1 is 1.26 bits per heavy atom. The molecule has 23 heavy (non-hydrogen) atoms. The van der Waals surface area contributed by atoms with Gasteiger partial charge in [0.2, 0.25) is 0 Å². The lowest BCUT2D eigenvalue weighted by Crippen LogP contribution is -2.53. The molecule has 0 spiro atoms. The largest absolute Gasteiger partial charge is 0.404 e. The van der Waals surface area contributed by atoms with Crippen LogP contribution in [0.3, 0.4) is 0 Å². The van der Waals surface area contributed by atoms with Crippen molar-refractivity contribution in [2.24, 2.45) is 0 Å². The molecule has 128 valence electrons. The summed E-state index contributed by atoms with van der Waals surface area (Å²) in [6.07, 6.45) is -2.18. The Labute approximate surface area is 134 Å². The topological polar surface area (TPSA) is 24.5 Å². The van der Waals surface area contributed by atoms with Crippen LogP contribution in [-0.2, 0) is 11.2 Å². The number of nitrogens with one attached hydrogen (secondary N) is 1. The fourth-order valence-corrected chi connectivity index (χ4v) is 3.44. The summed E-state index contributed by atoms with van der Waals surface area (Å²) in [6.45, 7) is 2.65. The zero-order valence-corrected chi connectivity index (χ0v) is 13.1. The van der Waals surface area contributed by atoms with Crippen LogP contribution in [0.15, 0.2) is 30.3 Å². The molecule has 0 radical (unpaired) electrons. The molecule has 0 amide bonds. The van der Waals surface area contributed by atoms with E-state index in [9.17, 15) is 13.2 Å². The summed E-state index contributed by atoms with van der Waals surface area (Å²) in [6, 6.07) is 7.72. The summed E-state index contributed by atoms with van der Waals surface area (Å²) < 4.78 is 45.5. The number of rotatable bonds is 5. The van der Waals surface area contributed by atoms with Crippen molar-refractivity contribution in [1.82, 2.24) is 10.2 Å². The SMILES string of the molecule is FC(F)(F)C(Cc1ccccc1)NCC1CN2CCCC2CO1. The summed E-state index contributed by atoms with van der Waals surface area (Å²) in [4.78, 5) is 2.34. The minimum atomic E-state index is -4.26. The summed E-state index contributed by atoms with van der Waals surface area (Å²) in [7, 11) is 0. The average molecular weight is 328 g/mol. The van der Waals surface area contributed by atoms with Crippen molar-refractivity contribution in [3.8, 4) is 0 Å². The molecule has 1 N–H and O–H groups in total. The molecule has 6 heteroatoms. The Balaban J connectivity index is 1.54. The van der Waals surface area contributed by atoms with Crippen molar-refractivity contribution >= 4 is 0 Å². The molecular formula is C17H23F3N2O. The van der Waals surface area contributed by atoms with Gasteiger partial charge in [-0.25, -0.2) is 0 Å². The lowest BCUT2D eigenvalue weighted by Gasteiger charge is -2.36. The van der Waals surface area contributed by atoms with Crippen molar-refractivity contribution < 1.29 is 17.9 Å². The predicted molar refractivity (Wildman–Crippen MR) is 82.3 cm³/mol. The zero-order valence-electron chi connectivity index (χ0n) is 13.1. The highest BCUT2D eigenvalue weighted by Gasteiger charge is 2.40. The van der Waals surface area contributed by atoms with Gasteiger partial charge in [0.15, 0.2) is 0 Å². The van der Waals surface area contributed by atoms with E-state index in [0.717, 1.165) is 25.9 Å². The first kappa shape index (κ1) is 16.7. The maximum atomic E-state index is 13.3. The van der Waals surface area contributed by atoms with E-state index in [0.29, 0.717) is 18.2 Å². The molecule has 0 aromatic heterocycles. The number of morpholine rings is 1. The number of fused-ring (bicyclic) bond motifs is 1. The van der Waals surface area contributed by atoms with Gasteiger partial charge in [-0.3, -0.25) is 4.90 Å². The van der Waals surface area contributed by atoms with Crippen molar-refractivity contribution in [3.05, 3.63) is 35.9 Å². The quantitative estimate of drug-likeness (QED) is 0.899. The lowest BCUT2D eigenvalue weighted by molar-refractivity contribution is -0.158. The second kappa shape index (κ2) is 7.20. The van der Waals surface area contributed by atoms with Crippen LogP contribution in [0.25, 0.3) is 0 Å². The second-order valence-electron chi connectivity index (χ2n) is 6.44.